The highest BCUT2D eigenvalue weighted by atomic mass is 32.2. The van der Waals surface area contributed by atoms with Crippen molar-refractivity contribution in [1.29, 1.82) is 5.26 Å². The van der Waals surface area contributed by atoms with Crippen molar-refractivity contribution in [1.82, 2.24) is 10.9 Å². The second kappa shape index (κ2) is 10.2. The Morgan fingerprint density at radius 3 is 2.48 bits per heavy atom. The normalized spacial score (nSPS) is 9.96. The van der Waals surface area contributed by atoms with Crippen LogP contribution >= 0.6 is 11.8 Å². The number of hydrazine groups is 1. The number of nitrogens with zero attached hydrogens (tertiary/aromatic N) is 1. The van der Waals surface area contributed by atoms with Crippen LogP contribution in [0.1, 0.15) is 22.3 Å². The van der Waals surface area contributed by atoms with Gasteiger partial charge in [0, 0.05) is 5.75 Å². The van der Waals surface area contributed by atoms with Crippen LogP contribution in [0.5, 0.6) is 5.75 Å². The number of nitriles is 1. The Balaban J connectivity index is 1.65. The highest BCUT2D eigenvalue weighted by molar-refractivity contribution is 7.99. The molecule has 0 spiro atoms. The van der Waals surface area contributed by atoms with E-state index in [1.54, 1.807) is 12.1 Å². The highest BCUT2D eigenvalue weighted by Gasteiger charge is 2.07. The predicted octanol–water partition coefficient (Wildman–Crippen LogP) is 2.63. The maximum absolute atomic E-state index is 11.8. The number of hydrogen-bond donors (Lipinski definition) is 2. The molecule has 0 saturated carbocycles. The number of aryl methyl sites for hydroxylation is 2. The van der Waals surface area contributed by atoms with E-state index in [0.29, 0.717) is 17.1 Å². The van der Waals surface area contributed by atoms with Gasteiger partial charge in [-0.2, -0.15) is 5.26 Å². The van der Waals surface area contributed by atoms with Crippen LogP contribution in [0.3, 0.4) is 0 Å². The van der Waals surface area contributed by atoms with Crippen LogP contribution in [0.2, 0.25) is 0 Å². The van der Waals surface area contributed by atoms with Gasteiger partial charge in [-0.1, -0.05) is 24.3 Å². The van der Waals surface area contributed by atoms with Crippen molar-refractivity contribution in [3.05, 3.63) is 64.7 Å². The molecule has 7 heteroatoms. The monoisotopic (exact) mass is 383 g/mol. The molecule has 2 aromatic rings. The number of hydrogen-bond acceptors (Lipinski definition) is 5. The zero-order chi connectivity index (χ0) is 19.6. The van der Waals surface area contributed by atoms with Crippen LogP contribution in [-0.2, 0) is 15.3 Å². The zero-order valence-corrected chi connectivity index (χ0v) is 16.1. The molecule has 2 aromatic carbocycles. The Morgan fingerprint density at radius 2 is 1.78 bits per heavy atom. The Morgan fingerprint density at radius 1 is 1.07 bits per heavy atom. The van der Waals surface area contributed by atoms with Gasteiger partial charge in [0.25, 0.3) is 5.91 Å². The van der Waals surface area contributed by atoms with E-state index in [-0.39, 0.29) is 18.3 Å². The van der Waals surface area contributed by atoms with E-state index in [0.717, 1.165) is 16.7 Å². The maximum atomic E-state index is 11.8. The minimum Gasteiger partial charge on any atom is -0.483 e. The minimum absolute atomic E-state index is 0.178. The topological polar surface area (TPSA) is 91.2 Å². The van der Waals surface area contributed by atoms with E-state index >= 15 is 0 Å². The SMILES string of the molecule is Cc1ccc(C)c(OCC(=O)NNC(=O)CSCc2ccc(C#N)cc2)c1. The third-order valence-corrected chi connectivity index (χ3v) is 4.63. The summed E-state index contributed by atoms with van der Waals surface area (Å²) in [6.45, 7) is 3.67. The molecule has 0 aliphatic carbocycles. The first-order chi connectivity index (χ1) is 13.0. The fraction of sp³-hybridized carbons (Fsp3) is 0.250. The molecule has 0 radical (unpaired) electrons. The third-order valence-electron chi connectivity index (χ3n) is 3.63. The second-order valence-electron chi connectivity index (χ2n) is 5.96. The molecule has 0 heterocycles. The summed E-state index contributed by atoms with van der Waals surface area (Å²) < 4.78 is 5.48. The van der Waals surface area contributed by atoms with Gasteiger partial charge >= 0.3 is 0 Å². The standard InChI is InChI=1S/C20H21N3O3S/c1-14-3-4-15(2)18(9-14)26-11-19(24)22-23-20(25)13-27-12-17-7-5-16(10-21)6-8-17/h3-9H,11-13H2,1-2H3,(H,22,24)(H,23,25). The summed E-state index contributed by atoms with van der Waals surface area (Å²) in [6.07, 6.45) is 0. The molecule has 6 nitrogen and oxygen atoms in total. The molecular weight excluding hydrogens is 362 g/mol. The molecule has 2 rings (SSSR count). The first-order valence-electron chi connectivity index (χ1n) is 8.32. The summed E-state index contributed by atoms with van der Waals surface area (Å²) in [6, 6.07) is 15.0. The second-order valence-corrected chi connectivity index (χ2v) is 6.94. The van der Waals surface area contributed by atoms with Gasteiger partial charge in [-0.3, -0.25) is 20.4 Å². The van der Waals surface area contributed by atoms with Crippen molar-refractivity contribution in [2.75, 3.05) is 12.4 Å². The molecule has 0 bridgehead atoms. The largest absolute Gasteiger partial charge is 0.483 e. The van der Waals surface area contributed by atoms with Gasteiger partial charge < -0.3 is 4.74 Å². The molecule has 0 atom stereocenters. The Kier molecular flexibility index (Phi) is 7.71. The molecule has 27 heavy (non-hydrogen) atoms. The first-order valence-corrected chi connectivity index (χ1v) is 9.48. The average Bonchev–Trinajstić information content (AvgIpc) is 2.67. The van der Waals surface area contributed by atoms with Crippen molar-refractivity contribution in [2.45, 2.75) is 19.6 Å². The molecule has 0 saturated heterocycles. The number of carbonyl (C=O) groups is 2. The average molecular weight is 383 g/mol. The number of thioether (sulfide) groups is 1. The predicted molar refractivity (Wildman–Crippen MR) is 105 cm³/mol. The Bertz CT molecular complexity index is 845. The fourth-order valence-corrected chi connectivity index (χ4v) is 2.94. The fourth-order valence-electron chi connectivity index (χ4n) is 2.15. The molecular formula is C20H21N3O3S. The van der Waals surface area contributed by atoms with E-state index in [1.807, 2.05) is 44.2 Å². The molecule has 2 N–H and O–H groups in total. The van der Waals surface area contributed by atoms with Crippen molar-refractivity contribution in [2.24, 2.45) is 0 Å². The number of amides is 2. The van der Waals surface area contributed by atoms with Gasteiger partial charge in [-0.25, -0.2) is 0 Å². The van der Waals surface area contributed by atoms with Crippen LogP contribution < -0.4 is 15.6 Å². The van der Waals surface area contributed by atoms with E-state index < -0.39 is 5.91 Å². The van der Waals surface area contributed by atoms with Gasteiger partial charge in [0.05, 0.1) is 17.4 Å². The first kappa shape index (κ1) is 20.3. The lowest BCUT2D eigenvalue weighted by Gasteiger charge is -2.11. The summed E-state index contributed by atoms with van der Waals surface area (Å²) in [4.78, 5) is 23.6. The van der Waals surface area contributed by atoms with Gasteiger partial charge in [0.2, 0.25) is 5.91 Å². The highest BCUT2D eigenvalue weighted by Crippen LogP contribution is 2.18. The molecule has 0 aliphatic heterocycles. The summed E-state index contributed by atoms with van der Waals surface area (Å²) in [5.74, 6) is 0.769. The minimum atomic E-state index is -0.429. The number of benzene rings is 2. The Labute approximate surface area is 162 Å². The smallest absolute Gasteiger partial charge is 0.276 e. The van der Waals surface area contributed by atoms with Crippen molar-refractivity contribution < 1.29 is 14.3 Å². The van der Waals surface area contributed by atoms with Gasteiger partial charge in [0.15, 0.2) is 6.61 Å². The summed E-state index contributed by atoms with van der Waals surface area (Å²) in [7, 11) is 0. The number of nitrogens with one attached hydrogen (secondary N) is 2. The van der Waals surface area contributed by atoms with E-state index in [2.05, 4.69) is 16.9 Å². The van der Waals surface area contributed by atoms with Crippen LogP contribution in [0.4, 0.5) is 0 Å². The lowest BCUT2D eigenvalue weighted by Crippen LogP contribution is -2.44. The van der Waals surface area contributed by atoms with Crippen molar-refractivity contribution >= 4 is 23.6 Å². The van der Waals surface area contributed by atoms with Crippen molar-refractivity contribution in [3.63, 3.8) is 0 Å². The van der Waals surface area contributed by atoms with E-state index in [9.17, 15) is 9.59 Å². The summed E-state index contributed by atoms with van der Waals surface area (Å²) in [5, 5.41) is 8.76. The molecule has 2 amide bonds. The molecule has 140 valence electrons. The van der Waals surface area contributed by atoms with Gasteiger partial charge in [-0.05, 0) is 48.7 Å². The van der Waals surface area contributed by atoms with Crippen LogP contribution in [0.15, 0.2) is 42.5 Å². The lowest BCUT2D eigenvalue weighted by atomic mass is 10.1. The summed E-state index contributed by atoms with van der Waals surface area (Å²) in [5.41, 5.74) is 8.32. The zero-order valence-electron chi connectivity index (χ0n) is 15.2. The molecule has 0 aliphatic rings. The molecule has 0 aromatic heterocycles. The Hall–Kier alpha value is -2.98. The maximum Gasteiger partial charge on any atom is 0.276 e. The molecule has 0 unspecified atom stereocenters. The number of carbonyl (C=O) groups excluding carboxylic acids is 2. The quantitative estimate of drug-likeness (QED) is 0.717. The third kappa shape index (κ3) is 7.04. The van der Waals surface area contributed by atoms with Gasteiger partial charge in [0.1, 0.15) is 5.75 Å². The lowest BCUT2D eigenvalue weighted by molar-refractivity contribution is -0.128. The van der Waals surface area contributed by atoms with Crippen molar-refractivity contribution in [3.8, 4) is 11.8 Å². The van der Waals surface area contributed by atoms with Crippen LogP contribution in [0.25, 0.3) is 0 Å². The molecule has 0 fully saturated rings. The summed E-state index contributed by atoms with van der Waals surface area (Å²) >= 11 is 1.42. The number of ether oxygens (including phenoxy) is 1. The van der Waals surface area contributed by atoms with E-state index in [1.165, 1.54) is 11.8 Å². The van der Waals surface area contributed by atoms with E-state index in [4.69, 9.17) is 10.00 Å². The van der Waals surface area contributed by atoms with Crippen LogP contribution in [-0.4, -0.2) is 24.2 Å². The van der Waals surface area contributed by atoms with Crippen LogP contribution in [0, 0.1) is 25.2 Å². The van der Waals surface area contributed by atoms with Gasteiger partial charge in [-0.15, -0.1) is 11.8 Å². The number of rotatable bonds is 7.